The van der Waals surface area contributed by atoms with Crippen molar-refractivity contribution >= 4 is 38.4 Å². The molecule has 0 radical (unpaired) electrons. The van der Waals surface area contributed by atoms with E-state index in [-0.39, 0.29) is 12.0 Å². The van der Waals surface area contributed by atoms with Crippen LogP contribution >= 0.6 is 11.3 Å². The molecule has 2 aromatic carbocycles. The Morgan fingerprint density at radius 2 is 2.04 bits per heavy atom. The number of ether oxygens (including phenoxy) is 1. The molecule has 0 saturated heterocycles. The molecule has 0 aliphatic heterocycles. The first kappa shape index (κ1) is 15.8. The Labute approximate surface area is 148 Å². The fourth-order valence-corrected chi connectivity index (χ4v) is 3.57. The van der Waals surface area contributed by atoms with Crippen LogP contribution in [0.3, 0.4) is 0 Å². The predicted octanol–water partition coefficient (Wildman–Crippen LogP) is 4.16. The van der Waals surface area contributed by atoms with Crippen molar-refractivity contribution in [3.63, 3.8) is 0 Å². The standard InChI is InChI=1S/C19H16N2O3S/c1-23-16(15-10-12-6-2-4-8-14(12)24-15)11-20-18(22)19-21-13-7-3-5-9-17(13)25-19/h2-10,16H,11H2,1H3,(H,20,22)/t16-/m0/s1. The van der Waals surface area contributed by atoms with E-state index in [1.165, 1.54) is 11.3 Å². The summed E-state index contributed by atoms with van der Waals surface area (Å²) in [5.74, 6) is 0.479. The molecule has 126 valence electrons. The highest BCUT2D eigenvalue weighted by Gasteiger charge is 2.19. The Balaban J connectivity index is 1.49. The molecule has 0 saturated carbocycles. The van der Waals surface area contributed by atoms with E-state index >= 15 is 0 Å². The lowest BCUT2D eigenvalue weighted by Crippen LogP contribution is -2.28. The van der Waals surface area contributed by atoms with Crippen molar-refractivity contribution in [3.8, 4) is 0 Å². The lowest BCUT2D eigenvalue weighted by Gasteiger charge is -2.13. The number of furan rings is 1. The zero-order valence-electron chi connectivity index (χ0n) is 13.6. The molecule has 2 heterocycles. The van der Waals surface area contributed by atoms with Crippen molar-refractivity contribution in [3.05, 3.63) is 65.4 Å². The molecule has 1 N–H and O–H groups in total. The van der Waals surface area contributed by atoms with Gasteiger partial charge in [-0.15, -0.1) is 11.3 Å². The highest BCUT2D eigenvalue weighted by molar-refractivity contribution is 7.20. The summed E-state index contributed by atoms with van der Waals surface area (Å²) in [5, 5.41) is 4.33. The largest absolute Gasteiger partial charge is 0.458 e. The molecule has 0 spiro atoms. The molecule has 1 amide bonds. The van der Waals surface area contributed by atoms with E-state index in [0.29, 0.717) is 17.3 Å². The topological polar surface area (TPSA) is 64.4 Å². The maximum absolute atomic E-state index is 12.4. The molecule has 6 heteroatoms. The molecule has 4 aromatic rings. The van der Waals surface area contributed by atoms with Crippen LogP contribution in [-0.4, -0.2) is 24.5 Å². The van der Waals surface area contributed by atoms with Crippen LogP contribution in [0.5, 0.6) is 0 Å². The van der Waals surface area contributed by atoms with Crippen LogP contribution in [0.25, 0.3) is 21.2 Å². The second kappa shape index (κ2) is 6.66. The average Bonchev–Trinajstić information content (AvgIpc) is 3.26. The summed E-state index contributed by atoms with van der Waals surface area (Å²) in [4.78, 5) is 16.8. The first-order valence-electron chi connectivity index (χ1n) is 7.89. The number of methoxy groups -OCH3 is 1. The van der Waals surface area contributed by atoms with Crippen LogP contribution in [0.15, 0.2) is 59.0 Å². The molecule has 4 rings (SSSR count). The molecule has 2 aromatic heterocycles. The van der Waals surface area contributed by atoms with E-state index in [1.807, 2.05) is 54.6 Å². The van der Waals surface area contributed by atoms with E-state index in [1.54, 1.807) is 7.11 Å². The van der Waals surface area contributed by atoms with Crippen LogP contribution < -0.4 is 5.32 Å². The van der Waals surface area contributed by atoms with Gasteiger partial charge in [0.05, 0.1) is 16.8 Å². The first-order chi connectivity index (χ1) is 12.2. The summed E-state index contributed by atoms with van der Waals surface area (Å²) in [6.07, 6.45) is -0.356. The minimum atomic E-state index is -0.356. The zero-order valence-corrected chi connectivity index (χ0v) is 14.4. The molecule has 0 aliphatic rings. The summed E-state index contributed by atoms with van der Waals surface area (Å²) >= 11 is 1.38. The van der Waals surface area contributed by atoms with Gasteiger partial charge >= 0.3 is 0 Å². The van der Waals surface area contributed by atoms with Crippen molar-refractivity contribution in [1.82, 2.24) is 10.3 Å². The summed E-state index contributed by atoms with van der Waals surface area (Å²) in [6.45, 7) is 0.311. The SMILES string of the molecule is CO[C@@H](CNC(=O)c1nc2ccccc2s1)c1cc2ccccc2o1. The smallest absolute Gasteiger partial charge is 0.280 e. The number of rotatable bonds is 5. The third-order valence-electron chi connectivity index (χ3n) is 3.98. The number of aromatic nitrogens is 1. The molecule has 25 heavy (non-hydrogen) atoms. The molecule has 0 aliphatic carbocycles. The summed E-state index contributed by atoms with van der Waals surface area (Å²) in [6, 6.07) is 17.4. The fourth-order valence-electron chi connectivity index (χ4n) is 2.69. The first-order valence-corrected chi connectivity index (χ1v) is 8.71. The number of fused-ring (bicyclic) bond motifs is 2. The van der Waals surface area contributed by atoms with Crippen LogP contribution in [0.4, 0.5) is 0 Å². The van der Waals surface area contributed by atoms with E-state index in [0.717, 1.165) is 21.2 Å². The van der Waals surface area contributed by atoms with Gasteiger partial charge in [0.15, 0.2) is 5.01 Å². The molecule has 1 atom stereocenters. The Bertz CT molecular complexity index is 971. The van der Waals surface area contributed by atoms with Crippen molar-refractivity contribution in [2.45, 2.75) is 6.10 Å². The number of carbonyl (C=O) groups excluding carboxylic acids is 1. The highest BCUT2D eigenvalue weighted by atomic mass is 32.1. The fraction of sp³-hybridized carbons (Fsp3) is 0.158. The van der Waals surface area contributed by atoms with Crippen molar-refractivity contribution in [2.24, 2.45) is 0 Å². The van der Waals surface area contributed by atoms with Crippen molar-refractivity contribution in [2.75, 3.05) is 13.7 Å². The Morgan fingerprint density at radius 3 is 2.84 bits per heavy atom. The van der Waals surface area contributed by atoms with E-state index < -0.39 is 0 Å². The van der Waals surface area contributed by atoms with Gasteiger partial charge in [-0.3, -0.25) is 4.79 Å². The second-order valence-electron chi connectivity index (χ2n) is 5.61. The maximum Gasteiger partial charge on any atom is 0.280 e. The van der Waals surface area contributed by atoms with Gasteiger partial charge < -0.3 is 14.5 Å². The number of hydrogen-bond acceptors (Lipinski definition) is 5. The number of nitrogens with zero attached hydrogens (tertiary/aromatic N) is 1. The number of benzene rings is 2. The number of amides is 1. The van der Waals surface area contributed by atoms with Crippen LogP contribution in [-0.2, 0) is 4.74 Å². The van der Waals surface area contributed by atoms with Gasteiger partial charge in [0, 0.05) is 12.5 Å². The van der Waals surface area contributed by atoms with Crippen LogP contribution in [0, 0.1) is 0 Å². The van der Waals surface area contributed by atoms with Crippen molar-refractivity contribution in [1.29, 1.82) is 0 Å². The van der Waals surface area contributed by atoms with Gasteiger partial charge in [-0.2, -0.15) is 0 Å². The quantitative estimate of drug-likeness (QED) is 0.586. The Morgan fingerprint density at radius 1 is 1.24 bits per heavy atom. The Kier molecular flexibility index (Phi) is 4.21. The maximum atomic E-state index is 12.4. The monoisotopic (exact) mass is 352 g/mol. The summed E-state index contributed by atoms with van der Waals surface area (Å²) in [7, 11) is 1.60. The van der Waals surface area contributed by atoms with Crippen molar-refractivity contribution < 1.29 is 13.9 Å². The van der Waals surface area contributed by atoms with Gasteiger partial charge in [0.25, 0.3) is 5.91 Å². The number of hydrogen-bond donors (Lipinski definition) is 1. The normalized spacial score (nSPS) is 12.5. The minimum Gasteiger partial charge on any atom is -0.458 e. The minimum absolute atomic E-state index is 0.209. The number of nitrogens with one attached hydrogen (secondary N) is 1. The molecular weight excluding hydrogens is 336 g/mol. The van der Waals surface area contributed by atoms with Crippen LogP contribution in [0.2, 0.25) is 0 Å². The third kappa shape index (κ3) is 3.14. The average molecular weight is 352 g/mol. The lowest BCUT2D eigenvalue weighted by atomic mass is 10.2. The molecule has 5 nitrogen and oxygen atoms in total. The molecule has 0 bridgehead atoms. The molecule has 0 fully saturated rings. The van der Waals surface area contributed by atoms with Gasteiger partial charge in [-0.1, -0.05) is 30.3 Å². The number of para-hydroxylation sites is 2. The van der Waals surface area contributed by atoms with E-state index in [2.05, 4.69) is 10.3 Å². The van der Waals surface area contributed by atoms with Gasteiger partial charge in [0.1, 0.15) is 17.4 Å². The predicted molar refractivity (Wildman–Crippen MR) is 97.9 cm³/mol. The number of thiazole rings is 1. The van der Waals surface area contributed by atoms with Gasteiger partial charge in [-0.05, 0) is 24.3 Å². The van der Waals surface area contributed by atoms with E-state index in [9.17, 15) is 4.79 Å². The molecule has 0 unspecified atom stereocenters. The van der Waals surface area contributed by atoms with E-state index in [4.69, 9.17) is 9.15 Å². The highest BCUT2D eigenvalue weighted by Crippen LogP contribution is 2.26. The van der Waals surface area contributed by atoms with Gasteiger partial charge in [-0.25, -0.2) is 4.98 Å². The Hall–Kier alpha value is -2.70. The summed E-state index contributed by atoms with van der Waals surface area (Å²) < 4.78 is 12.3. The molecular formula is C19H16N2O3S. The number of carbonyl (C=O) groups is 1. The van der Waals surface area contributed by atoms with Gasteiger partial charge in [0.2, 0.25) is 0 Å². The lowest BCUT2D eigenvalue weighted by molar-refractivity contribution is 0.0747. The third-order valence-corrected chi connectivity index (χ3v) is 5.02. The second-order valence-corrected chi connectivity index (χ2v) is 6.64. The zero-order chi connectivity index (χ0) is 17.2. The summed E-state index contributed by atoms with van der Waals surface area (Å²) in [5.41, 5.74) is 1.63. The van der Waals surface area contributed by atoms with Crippen LogP contribution in [0.1, 0.15) is 21.7 Å².